The van der Waals surface area contributed by atoms with Crippen molar-refractivity contribution in [2.24, 2.45) is 0 Å². The molecule has 0 amide bonds. The van der Waals surface area contributed by atoms with E-state index in [1.54, 1.807) is 0 Å². The van der Waals surface area contributed by atoms with E-state index in [4.69, 9.17) is 9.47 Å². The first kappa shape index (κ1) is 14.0. The highest BCUT2D eigenvalue weighted by atomic mass is 16.5. The molecule has 1 aromatic rings. The van der Waals surface area contributed by atoms with Crippen LogP contribution in [0, 0.1) is 0 Å². The summed E-state index contributed by atoms with van der Waals surface area (Å²) in [6.07, 6.45) is 8.02. The van der Waals surface area contributed by atoms with Gasteiger partial charge in [0.2, 0.25) is 0 Å². The molecule has 3 rings (SSSR count). The first-order chi connectivity index (χ1) is 9.77. The molecule has 4 heteroatoms. The van der Waals surface area contributed by atoms with Crippen LogP contribution in [-0.2, 0) is 9.47 Å². The molecule has 0 aromatic carbocycles. The van der Waals surface area contributed by atoms with Crippen LogP contribution in [-0.4, -0.2) is 36.4 Å². The minimum Gasteiger partial charge on any atom is -0.381 e. The molecule has 2 unspecified atom stereocenters. The molecule has 20 heavy (non-hydrogen) atoms. The summed E-state index contributed by atoms with van der Waals surface area (Å²) in [6.45, 7) is 4.75. The van der Waals surface area contributed by atoms with Crippen LogP contribution >= 0.6 is 0 Å². The second-order valence-corrected chi connectivity index (χ2v) is 6.01. The molecule has 2 saturated heterocycles. The second kappa shape index (κ2) is 6.20. The van der Waals surface area contributed by atoms with Crippen molar-refractivity contribution in [2.45, 2.75) is 50.3 Å². The summed E-state index contributed by atoms with van der Waals surface area (Å²) in [6, 6.07) is 4.99. The van der Waals surface area contributed by atoms with Crippen LogP contribution in [0.15, 0.2) is 24.5 Å². The zero-order valence-electron chi connectivity index (χ0n) is 12.2. The summed E-state index contributed by atoms with van der Waals surface area (Å²) in [5.41, 5.74) is 1.31. The zero-order chi connectivity index (χ0) is 13.8. The number of hydrogen-bond acceptors (Lipinski definition) is 4. The van der Waals surface area contributed by atoms with Gasteiger partial charge >= 0.3 is 0 Å². The molecule has 0 aliphatic carbocycles. The fourth-order valence-corrected chi connectivity index (χ4v) is 3.34. The fourth-order valence-electron chi connectivity index (χ4n) is 3.34. The molecule has 110 valence electrons. The average Bonchev–Trinajstić information content (AvgIpc) is 2.49. The number of ether oxygens (including phenoxy) is 2. The number of hydrogen-bond donors (Lipinski definition) is 1. The Morgan fingerprint density at radius 1 is 1.35 bits per heavy atom. The lowest BCUT2D eigenvalue weighted by Gasteiger charge is -2.44. The lowest BCUT2D eigenvalue weighted by atomic mass is 9.84. The van der Waals surface area contributed by atoms with Gasteiger partial charge in [-0.3, -0.25) is 4.98 Å². The normalized spacial score (nSPS) is 27.4. The SMILES string of the molecule is CC(NC1CCOC2(CCOCC2)C1)c1cccnc1. The number of aromatic nitrogens is 1. The van der Waals surface area contributed by atoms with E-state index in [-0.39, 0.29) is 5.60 Å². The first-order valence-corrected chi connectivity index (χ1v) is 7.65. The van der Waals surface area contributed by atoms with E-state index in [2.05, 4.69) is 23.3 Å². The van der Waals surface area contributed by atoms with Gasteiger partial charge in [0.05, 0.1) is 5.60 Å². The van der Waals surface area contributed by atoms with Gasteiger partial charge in [-0.1, -0.05) is 6.07 Å². The van der Waals surface area contributed by atoms with Crippen LogP contribution in [0.3, 0.4) is 0 Å². The zero-order valence-corrected chi connectivity index (χ0v) is 12.2. The Kier molecular flexibility index (Phi) is 4.34. The van der Waals surface area contributed by atoms with Gasteiger partial charge < -0.3 is 14.8 Å². The molecule has 1 aromatic heterocycles. The average molecular weight is 276 g/mol. The van der Waals surface area contributed by atoms with E-state index in [0.717, 1.165) is 45.5 Å². The lowest BCUT2D eigenvalue weighted by Crippen LogP contribution is -2.50. The Labute approximate surface area is 120 Å². The van der Waals surface area contributed by atoms with Crippen molar-refractivity contribution < 1.29 is 9.47 Å². The summed E-state index contributed by atoms with van der Waals surface area (Å²) in [5.74, 6) is 0. The molecule has 3 heterocycles. The Hall–Kier alpha value is -0.970. The highest BCUT2D eigenvalue weighted by Gasteiger charge is 2.39. The van der Waals surface area contributed by atoms with Crippen LogP contribution in [0.4, 0.5) is 0 Å². The molecule has 2 aliphatic rings. The van der Waals surface area contributed by atoms with Crippen molar-refractivity contribution in [3.05, 3.63) is 30.1 Å². The second-order valence-electron chi connectivity index (χ2n) is 6.01. The maximum Gasteiger partial charge on any atom is 0.0741 e. The van der Waals surface area contributed by atoms with Gasteiger partial charge in [0.15, 0.2) is 0 Å². The third-order valence-electron chi connectivity index (χ3n) is 4.57. The third kappa shape index (κ3) is 3.19. The molecular formula is C16H24N2O2. The Morgan fingerprint density at radius 2 is 2.20 bits per heavy atom. The molecule has 2 aliphatic heterocycles. The van der Waals surface area contributed by atoms with Crippen LogP contribution < -0.4 is 5.32 Å². The molecule has 1 spiro atoms. The monoisotopic (exact) mass is 276 g/mol. The van der Waals surface area contributed by atoms with E-state index < -0.39 is 0 Å². The van der Waals surface area contributed by atoms with E-state index >= 15 is 0 Å². The summed E-state index contributed by atoms with van der Waals surface area (Å²) in [5, 5.41) is 3.75. The van der Waals surface area contributed by atoms with E-state index in [0.29, 0.717) is 12.1 Å². The predicted octanol–water partition coefficient (Wildman–Crippen LogP) is 2.46. The first-order valence-electron chi connectivity index (χ1n) is 7.65. The highest BCUT2D eigenvalue weighted by molar-refractivity contribution is 5.13. The number of rotatable bonds is 3. The summed E-state index contributed by atoms with van der Waals surface area (Å²) in [7, 11) is 0. The minimum absolute atomic E-state index is 0.0584. The third-order valence-corrected chi connectivity index (χ3v) is 4.57. The van der Waals surface area contributed by atoms with Gasteiger partial charge in [0, 0.05) is 44.3 Å². The van der Waals surface area contributed by atoms with E-state index in [1.807, 2.05) is 18.5 Å². The van der Waals surface area contributed by atoms with Crippen LogP contribution in [0.25, 0.3) is 0 Å². The standard InChI is InChI=1S/C16H24N2O2/c1-13(14-3-2-7-17-12-14)18-15-4-8-20-16(11-15)5-9-19-10-6-16/h2-3,7,12-13,15,18H,4-6,8-11H2,1H3. The number of nitrogens with one attached hydrogen (secondary N) is 1. The Bertz CT molecular complexity index is 412. The summed E-state index contributed by atoms with van der Waals surface area (Å²) >= 11 is 0. The van der Waals surface area contributed by atoms with Gasteiger partial charge in [-0.2, -0.15) is 0 Å². The minimum atomic E-state index is 0.0584. The van der Waals surface area contributed by atoms with E-state index in [9.17, 15) is 0 Å². The van der Waals surface area contributed by atoms with Gasteiger partial charge in [0.25, 0.3) is 0 Å². The van der Waals surface area contributed by atoms with Gasteiger partial charge in [-0.25, -0.2) is 0 Å². The van der Waals surface area contributed by atoms with E-state index in [1.165, 1.54) is 5.56 Å². The van der Waals surface area contributed by atoms with Gasteiger partial charge in [0.1, 0.15) is 0 Å². The van der Waals surface area contributed by atoms with Crippen LogP contribution in [0.1, 0.15) is 44.2 Å². The molecule has 0 saturated carbocycles. The maximum absolute atomic E-state index is 6.09. The quantitative estimate of drug-likeness (QED) is 0.921. The van der Waals surface area contributed by atoms with Gasteiger partial charge in [-0.15, -0.1) is 0 Å². The van der Waals surface area contributed by atoms with Crippen molar-refractivity contribution in [1.29, 1.82) is 0 Å². The van der Waals surface area contributed by atoms with Crippen molar-refractivity contribution in [1.82, 2.24) is 10.3 Å². The molecule has 4 nitrogen and oxygen atoms in total. The molecule has 0 bridgehead atoms. The number of pyridine rings is 1. The lowest BCUT2D eigenvalue weighted by molar-refractivity contribution is -0.140. The number of nitrogens with zero attached hydrogens (tertiary/aromatic N) is 1. The smallest absolute Gasteiger partial charge is 0.0741 e. The molecule has 2 fully saturated rings. The molecule has 1 N–H and O–H groups in total. The van der Waals surface area contributed by atoms with Crippen LogP contribution in [0.2, 0.25) is 0 Å². The van der Waals surface area contributed by atoms with Crippen molar-refractivity contribution in [2.75, 3.05) is 19.8 Å². The fraction of sp³-hybridized carbons (Fsp3) is 0.688. The predicted molar refractivity (Wildman–Crippen MR) is 77.5 cm³/mol. The summed E-state index contributed by atoms with van der Waals surface area (Å²) in [4.78, 5) is 4.20. The van der Waals surface area contributed by atoms with Crippen molar-refractivity contribution >= 4 is 0 Å². The van der Waals surface area contributed by atoms with Crippen LogP contribution in [0.5, 0.6) is 0 Å². The summed E-state index contributed by atoms with van der Waals surface area (Å²) < 4.78 is 11.6. The maximum atomic E-state index is 6.09. The molecule has 0 radical (unpaired) electrons. The topological polar surface area (TPSA) is 43.4 Å². The van der Waals surface area contributed by atoms with Gasteiger partial charge in [-0.05, 0) is 44.2 Å². The largest absolute Gasteiger partial charge is 0.381 e. The van der Waals surface area contributed by atoms with Crippen molar-refractivity contribution in [3.63, 3.8) is 0 Å². The molecule has 2 atom stereocenters. The van der Waals surface area contributed by atoms with Crippen molar-refractivity contribution in [3.8, 4) is 0 Å². The highest BCUT2D eigenvalue weighted by Crippen LogP contribution is 2.34. The Balaban J connectivity index is 1.60. The molecular weight excluding hydrogens is 252 g/mol. The Morgan fingerprint density at radius 3 is 2.95 bits per heavy atom.